The van der Waals surface area contributed by atoms with Crippen molar-refractivity contribution < 1.29 is 0 Å². The fourth-order valence-corrected chi connectivity index (χ4v) is 2.70. The molecule has 0 aliphatic heterocycles. The molecule has 2 aromatic heterocycles. The summed E-state index contributed by atoms with van der Waals surface area (Å²) >= 11 is 9.00. The summed E-state index contributed by atoms with van der Waals surface area (Å²) in [4.78, 5) is 7.90. The van der Waals surface area contributed by atoms with Gasteiger partial charge in [-0.15, -0.1) is 11.3 Å². The molecule has 13 heavy (non-hydrogen) atoms. The van der Waals surface area contributed by atoms with E-state index in [1.165, 1.54) is 10.5 Å². The molecule has 0 fully saturated rings. The van der Waals surface area contributed by atoms with Gasteiger partial charge in [0.05, 0.1) is 4.21 Å². The van der Waals surface area contributed by atoms with Gasteiger partial charge in [-0.2, -0.15) is 0 Å². The first kappa shape index (κ1) is 8.99. The minimum Gasteiger partial charge on any atom is -0.230 e. The highest BCUT2D eigenvalue weighted by atomic mass is 35.5. The summed E-state index contributed by atoms with van der Waals surface area (Å²) in [5, 5.41) is 3.39. The SMILES string of the molecule is Clc1cc(Sc2cccs2)ncn1. The highest BCUT2D eigenvalue weighted by molar-refractivity contribution is 8.01. The predicted octanol–water partition coefficient (Wildman–Crippen LogP) is 3.34. The van der Waals surface area contributed by atoms with Gasteiger partial charge in [0.15, 0.2) is 0 Å². The van der Waals surface area contributed by atoms with E-state index in [9.17, 15) is 0 Å². The summed E-state index contributed by atoms with van der Waals surface area (Å²) in [5.41, 5.74) is 0. The molecule has 0 aliphatic carbocycles. The van der Waals surface area contributed by atoms with Crippen LogP contribution in [0, 0.1) is 0 Å². The molecule has 0 bridgehead atoms. The maximum atomic E-state index is 5.72. The minimum atomic E-state index is 0.481. The Morgan fingerprint density at radius 1 is 1.38 bits per heavy atom. The number of rotatable bonds is 2. The van der Waals surface area contributed by atoms with Crippen LogP contribution < -0.4 is 0 Å². The van der Waals surface area contributed by atoms with Crippen LogP contribution in [-0.2, 0) is 0 Å². The first-order valence-electron chi connectivity index (χ1n) is 3.53. The van der Waals surface area contributed by atoms with Crippen molar-refractivity contribution in [1.29, 1.82) is 0 Å². The van der Waals surface area contributed by atoms with Gasteiger partial charge in [0.1, 0.15) is 16.5 Å². The second kappa shape index (κ2) is 4.09. The van der Waals surface area contributed by atoms with Gasteiger partial charge in [-0.1, -0.05) is 29.4 Å². The number of halogens is 1. The monoisotopic (exact) mass is 228 g/mol. The van der Waals surface area contributed by atoms with Gasteiger partial charge in [0, 0.05) is 6.07 Å². The predicted molar refractivity (Wildman–Crippen MR) is 55.5 cm³/mol. The smallest absolute Gasteiger partial charge is 0.133 e. The lowest BCUT2D eigenvalue weighted by Gasteiger charge is -1.95. The van der Waals surface area contributed by atoms with Gasteiger partial charge < -0.3 is 0 Å². The van der Waals surface area contributed by atoms with Crippen molar-refractivity contribution in [3.05, 3.63) is 35.1 Å². The molecule has 0 aromatic carbocycles. The zero-order valence-electron chi connectivity index (χ0n) is 6.48. The fourth-order valence-electron chi connectivity index (χ4n) is 0.798. The molecule has 0 radical (unpaired) electrons. The van der Waals surface area contributed by atoms with E-state index in [2.05, 4.69) is 9.97 Å². The van der Waals surface area contributed by atoms with Crippen LogP contribution in [0.1, 0.15) is 0 Å². The van der Waals surface area contributed by atoms with Crippen molar-refractivity contribution in [1.82, 2.24) is 9.97 Å². The molecule has 0 N–H and O–H groups in total. The summed E-state index contributed by atoms with van der Waals surface area (Å²) < 4.78 is 1.20. The average molecular weight is 229 g/mol. The Balaban J connectivity index is 2.19. The third-order valence-corrected chi connectivity index (χ3v) is 3.49. The minimum absolute atomic E-state index is 0.481. The third kappa shape index (κ3) is 2.43. The molecule has 66 valence electrons. The molecule has 5 heteroatoms. The average Bonchev–Trinajstić information content (AvgIpc) is 2.57. The standard InChI is InChI=1S/C8H5ClN2S2/c9-6-4-7(11-5-10-6)13-8-2-1-3-12-8/h1-5H. The van der Waals surface area contributed by atoms with Crippen LogP contribution in [0.25, 0.3) is 0 Å². The van der Waals surface area contributed by atoms with Crippen LogP contribution in [0.4, 0.5) is 0 Å². The molecule has 0 atom stereocenters. The number of nitrogens with zero attached hydrogens (tertiary/aromatic N) is 2. The van der Waals surface area contributed by atoms with Crippen molar-refractivity contribution in [3.63, 3.8) is 0 Å². The molecular weight excluding hydrogens is 224 g/mol. The lowest BCUT2D eigenvalue weighted by atomic mass is 10.7. The normalized spacial score (nSPS) is 10.2. The lowest BCUT2D eigenvalue weighted by Crippen LogP contribution is -1.80. The van der Waals surface area contributed by atoms with Gasteiger partial charge >= 0.3 is 0 Å². The van der Waals surface area contributed by atoms with Crippen LogP contribution in [0.15, 0.2) is 39.1 Å². The molecule has 0 spiro atoms. The van der Waals surface area contributed by atoms with Crippen molar-refractivity contribution in [2.75, 3.05) is 0 Å². The Morgan fingerprint density at radius 2 is 2.31 bits per heavy atom. The summed E-state index contributed by atoms with van der Waals surface area (Å²) in [5.74, 6) is 0. The van der Waals surface area contributed by atoms with E-state index >= 15 is 0 Å². The van der Waals surface area contributed by atoms with Gasteiger partial charge in [0.25, 0.3) is 0 Å². The van der Waals surface area contributed by atoms with E-state index < -0.39 is 0 Å². The fraction of sp³-hybridized carbons (Fsp3) is 0. The van der Waals surface area contributed by atoms with Gasteiger partial charge in [-0.25, -0.2) is 9.97 Å². The van der Waals surface area contributed by atoms with Crippen molar-refractivity contribution in [3.8, 4) is 0 Å². The second-order valence-electron chi connectivity index (χ2n) is 2.21. The third-order valence-electron chi connectivity index (χ3n) is 1.31. The van der Waals surface area contributed by atoms with E-state index in [0.29, 0.717) is 5.15 Å². The number of aromatic nitrogens is 2. The summed E-state index contributed by atoms with van der Waals surface area (Å²) in [6, 6.07) is 5.81. The molecule has 2 heterocycles. The Morgan fingerprint density at radius 3 is 3.00 bits per heavy atom. The van der Waals surface area contributed by atoms with Gasteiger partial charge in [-0.05, 0) is 11.4 Å². The molecule has 2 rings (SSSR count). The summed E-state index contributed by atoms with van der Waals surface area (Å²) in [6.07, 6.45) is 1.47. The van der Waals surface area contributed by atoms with Crippen molar-refractivity contribution >= 4 is 34.7 Å². The van der Waals surface area contributed by atoms with E-state index in [0.717, 1.165) is 5.03 Å². The molecule has 0 amide bonds. The molecule has 0 saturated carbocycles. The van der Waals surface area contributed by atoms with E-state index in [4.69, 9.17) is 11.6 Å². The number of hydrogen-bond donors (Lipinski definition) is 0. The first-order valence-corrected chi connectivity index (χ1v) is 5.61. The Kier molecular flexibility index (Phi) is 2.83. The van der Waals surface area contributed by atoms with E-state index in [-0.39, 0.29) is 0 Å². The maximum absolute atomic E-state index is 5.72. The van der Waals surface area contributed by atoms with Gasteiger partial charge in [0.2, 0.25) is 0 Å². The lowest BCUT2D eigenvalue weighted by molar-refractivity contribution is 1.05. The molecule has 2 nitrogen and oxygen atoms in total. The molecule has 0 aliphatic rings. The molecule has 0 unspecified atom stereocenters. The topological polar surface area (TPSA) is 25.8 Å². The molecule has 2 aromatic rings. The Hall–Kier alpha value is -0.580. The molecular formula is C8H5ClN2S2. The zero-order valence-corrected chi connectivity index (χ0v) is 8.86. The van der Waals surface area contributed by atoms with Crippen molar-refractivity contribution in [2.45, 2.75) is 9.24 Å². The maximum Gasteiger partial charge on any atom is 0.133 e. The van der Waals surface area contributed by atoms with E-state index in [1.807, 2.05) is 17.5 Å². The zero-order chi connectivity index (χ0) is 9.10. The Labute approximate surface area is 89.0 Å². The highest BCUT2D eigenvalue weighted by Crippen LogP contribution is 2.30. The van der Waals surface area contributed by atoms with Crippen LogP contribution in [-0.4, -0.2) is 9.97 Å². The van der Waals surface area contributed by atoms with Crippen LogP contribution in [0.3, 0.4) is 0 Å². The van der Waals surface area contributed by atoms with Crippen LogP contribution in [0.5, 0.6) is 0 Å². The second-order valence-corrected chi connectivity index (χ2v) is 4.87. The molecule has 0 saturated heterocycles. The largest absolute Gasteiger partial charge is 0.230 e. The first-order chi connectivity index (χ1) is 6.34. The van der Waals surface area contributed by atoms with Crippen LogP contribution >= 0.6 is 34.7 Å². The summed E-state index contributed by atoms with van der Waals surface area (Å²) in [6.45, 7) is 0. The summed E-state index contributed by atoms with van der Waals surface area (Å²) in [7, 11) is 0. The Bertz CT molecular complexity index is 389. The van der Waals surface area contributed by atoms with Crippen molar-refractivity contribution in [2.24, 2.45) is 0 Å². The van der Waals surface area contributed by atoms with Crippen LogP contribution in [0.2, 0.25) is 5.15 Å². The van der Waals surface area contributed by atoms with E-state index in [1.54, 1.807) is 29.2 Å². The van der Waals surface area contributed by atoms with Gasteiger partial charge in [-0.3, -0.25) is 0 Å². The highest BCUT2D eigenvalue weighted by Gasteiger charge is 2.00. The number of thiophene rings is 1. The quantitative estimate of drug-likeness (QED) is 0.738. The number of hydrogen-bond acceptors (Lipinski definition) is 4.